The molecule has 0 spiro atoms. The van der Waals surface area contributed by atoms with Gasteiger partial charge in [0, 0.05) is 18.2 Å². The van der Waals surface area contributed by atoms with E-state index in [1.807, 2.05) is 0 Å². The van der Waals surface area contributed by atoms with Crippen LogP contribution in [0.1, 0.15) is 29.6 Å². The lowest BCUT2D eigenvalue weighted by molar-refractivity contribution is -0.137. The Labute approximate surface area is 109 Å². The van der Waals surface area contributed by atoms with Crippen LogP contribution in [0, 0.1) is 5.82 Å². The predicted molar refractivity (Wildman–Crippen MR) is 67.1 cm³/mol. The van der Waals surface area contributed by atoms with Crippen molar-refractivity contribution >= 4 is 17.6 Å². The van der Waals surface area contributed by atoms with Gasteiger partial charge in [0.2, 0.25) is 0 Å². The average molecular weight is 266 g/mol. The molecule has 1 fully saturated rings. The Kier molecular flexibility index (Phi) is 3.69. The Hall–Kier alpha value is -2.11. The number of carbonyl (C=O) groups excluding carboxylic acids is 1. The van der Waals surface area contributed by atoms with E-state index in [0.717, 1.165) is 18.9 Å². The molecule has 19 heavy (non-hydrogen) atoms. The summed E-state index contributed by atoms with van der Waals surface area (Å²) >= 11 is 0. The largest absolute Gasteiger partial charge is 0.481 e. The summed E-state index contributed by atoms with van der Waals surface area (Å²) in [5.74, 6) is -1.94. The highest BCUT2D eigenvalue weighted by molar-refractivity contribution is 5.95. The van der Waals surface area contributed by atoms with Gasteiger partial charge in [0.15, 0.2) is 0 Å². The molecule has 0 bridgehead atoms. The van der Waals surface area contributed by atoms with Crippen LogP contribution < -0.4 is 5.73 Å². The van der Waals surface area contributed by atoms with E-state index in [9.17, 15) is 14.0 Å². The van der Waals surface area contributed by atoms with E-state index in [2.05, 4.69) is 0 Å². The van der Waals surface area contributed by atoms with E-state index >= 15 is 0 Å². The third-order valence-electron chi connectivity index (χ3n) is 3.06. The van der Waals surface area contributed by atoms with Crippen molar-refractivity contribution in [3.05, 3.63) is 29.6 Å². The van der Waals surface area contributed by atoms with Crippen molar-refractivity contribution in [3.63, 3.8) is 0 Å². The van der Waals surface area contributed by atoms with Crippen molar-refractivity contribution in [2.75, 3.05) is 12.3 Å². The van der Waals surface area contributed by atoms with Gasteiger partial charge in [0.05, 0.1) is 12.1 Å². The van der Waals surface area contributed by atoms with E-state index in [1.54, 1.807) is 0 Å². The van der Waals surface area contributed by atoms with Crippen LogP contribution in [-0.4, -0.2) is 34.5 Å². The maximum absolute atomic E-state index is 13.3. The lowest BCUT2D eigenvalue weighted by Gasteiger charge is -2.21. The van der Waals surface area contributed by atoms with Gasteiger partial charge in [-0.25, -0.2) is 4.39 Å². The number of nitrogens with zero attached hydrogens (tertiary/aromatic N) is 1. The van der Waals surface area contributed by atoms with Gasteiger partial charge >= 0.3 is 5.97 Å². The highest BCUT2D eigenvalue weighted by atomic mass is 19.1. The summed E-state index contributed by atoms with van der Waals surface area (Å²) in [7, 11) is 0. The van der Waals surface area contributed by atoms with Crippen molar-refractivity contribution in [3.8, 4) is 0 Å². The van der Waals surface area contributed by atoms with Crippen molar-refractivity contribution in [1.29, 1.82) is 0 Å². The fourth-order valence-corrected chi connectivity index (χ4v) is 1.88. The van der Waals surface area contributed by atoms with Gasteiger partial charge in [0.1, 0.15) is 5.82 Å². The summed E-state index contributed by atoms with van der Waals surface area (Å²) in [5.41, 5.74) is 5.54. The molecule has 5 nitrogen and oxygen atoms in total. The molecule has 0 heterocycles. The molecule has 0 atom stereocenters. The number of amides is 1. The first-order valence-corrected chi connectivity index (χ1v) is 6.07. The molecule has 102 valence electrons. The molecule has 0 radical (unpaired) electrons. The smallest absolute Gasteiger partial charge is 0.305 e. The van der Waals surface area contributed by atoms with Crippen LogP contribution in [-0.2, 0) is 4.79 Å². The van der Waals surface area contributed by atoms with Crippen molar-refractivity contribution in [2.24, 2.45) is 0 Å². The Morgan fingerprint density at radius 3 is 2.63 bits per heavy atom. The number of carboxylic acid groups (broad SMARTS) is 1. The molecule has 1 amide bonds. The van der Waals surface area contributed by atoms with Gasteiger partial charge in [-0.15, -0.1) is 0 Å². The highest BCUT2D eigenvalue weighted by Gasteiger charge is 2.33. The molecule has 3 N–H and O–H groups in total. The van der Waals surface area contributed by atoms with Gasteiger partial charge < -0.3 is 15.7 Å². The third-order valence-corrected chi connectivity index (χ3v) is 3.06. The van der Waals surface area contributed by atoms with Crippen LogP contribution in [0.5, 0.6) is 0 Å². The number of nitrogens with two attached hydrogens (primary N) is 1. The molecule has 0 aliphatic heterocycles. The highest BCUT2D eigenvalue weighted by Crippen LogP contribution is 2.28. The summed E-state index contributed by atoms with van der Waals surface area (Å²) in [6.07, 6.45) is 1.62. The quantitative estimate of drug-likeness (QED) is 0.791. The zero-order valence-electron chi connectivity index (χ0n) is 10.3. The molecular formula is C13H15FN2O3. The number of rotatable bonds is 5. The molecule has 0 saturated heterocycles. The second kappa shape index (κ2) is 5.26. The Bertz CT molecular complexity index is 515. The summed E-state index contributed by atoms with van der Waals surface area (Å²) < 4.78 is 13.3. The fraction of sp³-hybridized carbons (Fsp3) is 0.385. The molecule has 0 aromatic heterocycles. The predicted octanol–water partition coefficient (Wildman–Crippen LogP) is 1.49. The second-order valence-corrected chi connectivity index (χ2v) is 4.61. The molecule has 1 aromatic carbocycles. The van der Waals surface area contributed by atoms with Gasteiger partial charge in [-0.2, -0.15) is 0 Å². The van der Waals surface area contributed by atoms with Gasteiger partial charge in [-0.3, -0.25) is 9.59 Å². The monoisotopic (exact) mass is 266 g/mol. The number of carboxylic acids is 1. The number of anilines is 1. The number of carbonyl (C=O) groups is 2. The first-order valence-electron chi connectivity index (χ1n) is 6.07. The Balaban J connectivity index is 2.14. The molecule has 1 saturated carbocycles. The summed E-state index contributed by atoms with van der Waals surface area (Å²) in [4.78, 5) is 24.3. The van der Waals surface area contributed by atoms with Crippen LogP contribution in [0.25, 0.3) is 0 Å². The number of benzene rings is 1. The van der Waals surface area contributed by atoms with Crippen LogP contribution in [0.3, 0.4) is 0 Å². The SMILES string of the molecule is Nc1ccc(C(=O)N(CCC(=O)O)C2CC2)cc1F. The summed E-state index contributed by atoms with van der Waals surface area (Å²) in [6, 6.07) is 3.96. The van der Waals surface area contributed by atoms with Crippen molar-refractivity contribution in [2.45, 2.75) is 25.3 Å². The number of aliphatic carboxylic acids is 1. The average Bonchev–Trinajstić information content (AvgIpc) is 3.16. The van der Waals surface area contributed by atoms with E-state index in [-0.39, 0.29) is 36.2 Å². The number of nitrogen functional groups attached to an aromatic ring is 1. The zero-order valence-corrected chi connectivity index (χ0v) is 10.3. The lowest BCUT2D eigenvalue weighted by atomic mass is 10.1. The normalized spacial score (nSPS) is 14.2. The molecule has 0 unspecified atom stereocenters. The summed E-state index contributed by atoms with van der Waals surface area (Å²) in [6.45, 7) is 0.144. The van der Waals surface area contributed by atoms with Crippen LogP contribution in [0.4, 0.5) is 10.1 Å². The van der Waals surface area contributed by atoms with Crippen molar-refractivity contribution in [1.82, 2.24) is 4.90 Å². The molecular weight excluding hydrogens is 251 g/mol. The molecule has 1 aliphatic carbocycles. The van der Waals surface area contributed by atoms with Gasteiger partial charge in [0.25, 0.3) is 5.91 Å². The van der Waals surface area contributed by atoms with Crippen LogP contribution in [0.15, 0.2) is 18.2 Å². The fourth-order valence-electron chi connectivity index (χ4n) is 1.88. The maximum Gasteiger partial charge on any atom is 0.305 e. The lowest BCUT2D eigenvalue weighted by Crippen LogP contribution is -2.35. The first kappa shape index (κ1) is 13.3. The molecule has 1 aromatic rings. The van der Waals surface area contributed by atoms with E-state index in [0.29, 0.717) is 0 Å². The second-order valence-electron chi connectivity index (χ2n) is 4.61. The van der Waals surface area contributed by atoms with Gasteiger partial charge in [-0.05, 0) is 31.0 Å². The standard InChI is InChI=1S/C13H15FN2O3/c14-10-7-8(1-4-11(10)15)13(19)16(9-2-3-9)6-5-12(17)18/h1,4,7,9H,2-3,5-6,15H2,(H,17,18). The summed E-state index contributed by atoms with van der Waals surface area (Å²) in [5, 5.41) is 8.68. The maximum atomic E-state index is 13.3. The van der Waals surface area contributed by atoms with Gasteiger partial charge in [-0.1, -0.05) is 0 Å². The molecule has 1 aliphatic rings. The first-order chi connectivity index (χ1) is 8.99. The van der Waals surface area contributed by atoms with Crippen LogP contribution in [0.2, 0.25) is 0 Å². The Morgan fingerprint density at radius 1 is 1.42 bits per heavy atom. The topological polar surface area (TPSA) is 83.6 Å². The minimum Gasteiger partial charge on any atom is -0.481 e. The van der Waals surface area contributed by atoms with Crippen LogP contribution >= 0.6 is 0 Å². The van der Waals surface area contributed by atoms with E-state index in [1.165, 1.54) is 17.0 Å². The minimum absolute atomic E-state index is 0.0138. The van der Waals surface area contributed by atoms with Crippen molar-refractivity contribution < 1.29 is 19.1 Å². The van der Waals surface area contributed by atoms with E-state index in [4.69, 9.17) is 10.8 Å². The Morgan fingerprint density at radius 2 is 2.11 bits per heavy atom. The molecule has 6 heteroatoms. The number of halogens is 1. The minimum atomic E-state index is -0.957. The molecule has 2 rings (SSSR count). The number of hydrogen-bond donors (Lipinski definition) is 2. The van der Waals surface area contributed by atoms with E-state index < -0.39 is 11.8 Å². The third kappa shape index (κ3) is 3.21. The number of hydrogen-bond acceptors (Lipinski definition) is 3. The zero-order chi connectivity index (χ0) is 14.0.